The monoisotopic (exact) mass is 420 g/mol. The van der Waals surface area contributed by atoms with Crippen LogP contribution in [0.25, 0.3) is 0 Å². The minimum Gasteiger partial charge on any atom is -0.338 e. The van der Waals surface area contributed by atoms with E-state index in [1.54, 1.807) is 0 Å². The molecule has 176 valence electrons. The molecule has 1 aliphatic heterocycles. The van der Waals surface area contributed by atoms with Crippen LogP contribution >= 0.6 is 0 Å². The molecular weight excluding hydrogens is 368 g/mol. The maximum Gasteiger partial charge on any atom is 0.246 e. The van der Waals surface area contributed by atoms with Crippen LogP contribution in [0.2, 0.25) is 0 Å². The van der Waals surface area contributed by atoms with E-state index in [-0.39, 0.29) is 5.91 Å². The molecule has 0 N–H and O–H groups in total. The SMILES string of the molecule is CC(=CC(=O)N1CCCC(N(C)C)C1)CCCC(C)CCCC(C)CCCC(C)C. The molecule has 1 saturated heterocycles. The van der Waals surface area contributed by atoms with Gasteiger partial charge >= 0.3 is 0 Å². The van der Waals surface area contributed by atoms with E-state index in [9.17, 15) is 4.79 Å². The highest BCUT2D eigenvalue weighted by atomic mass is 16.2. The molecule has 0 saturated carbocycles. The Bertz CT molecular complexity index is 497. The summed E-state index contributed by atoms with van der Waals surface area (Å²) in [5.41, 5.74) is 1.25. The molecule has 1 heterocycles. The van der Waals surface area contributed by atoms with E-state index < -0.39 is 0 Å². The normalized spacial score (nSPS) is 20.1. The summed E-state index contributed by atoms with van der Waals surface area (Å²) >= 11 is 0. The largest absolute Gasteiger partial charge is 0.338 e. The van der Waals surface area contributed by atoms with Gasteiger partial charge in [-0.25, -0.2) is 0 Å². The van der Waals surface area contributed by atoms with Gasteiger partial charge in [0.2, 0.25) is 5.91 Å². The molecule has 3 nitrogen and oxygen atoms in total. The average molecular weight is 421 g/mol. The lowest BCUT2D eigenvalue weighted by Gasteiger charge is -2.35. The summed E-state index contributed by atoms with van der Waals surface area (Å²) in [4.78, 5) is 16.9. The first-order valence-corrected chi connectivity index (χ1v) is 12.8. The summed E-state index contributed by atoms with van der Waals surface area (Å²) in [6, 6.07) is 0.509. The van der Waals surface area contributed by atoms with Crippen LogP contribution in [0.4, 0.5) is 0 Å². The molecule has 3 unspecified atom stereocenters. The molecule has 0 aromatic rings. The standard InChI is InChI=1S/C27H52N2O/c1-22(2)12-8-13-23(3)14-9-15-24(4)16-10-17-25(5)20-27(30)29-19-11-18-26(21-29)28(6)7/h20,22-24,26H,8-19,21H2,1-7H3. The zero-order valence-corrected chi connectivity index (χ0v) is 21.4. The Balaban J connectivity index is 2.18. The van der Waals surface area contributed by atoms with Crippen LogP contribution in [-0.4, -0.2) is 48.9 Å². The van der Waals surface area contributed by atoms with Crippen molar-refractivity contribution in [3.05, 3.63) is 11.6 Å². The molecule has 0 aromatic heterocycles. The van der Waals surface area contributed by atoms with Crippen molar-refractivity contribution in [3.63, 3.8) is 0 Å². The van der Waals surface area contributed by atoms with Crippen molar-refractivity contribution in [2.24, 2.45) is 17.8 Å². The molecule has 1 rings (SSSR count). The van der Waals surface area contributed by atoms with E-state index in [0.717, 1.165) is 43.7 Å². The number of likely N-dealkylation sites (N-methyl/N-ethyl adjacent to an activating group) is 1. The molecule has 0 aromatic carbocycles. The number of rotatable bonds is 14. The zero-order chi connectivity index (χ0) is 22.5. The molecule has 0 spiro atoms. The van der Waals surface area contributed by atoms with Crippen LogP contribution in [0.5, 0.6) is 0 Å². The van der Waals surface area contributed by atoms with E-state index in [2.05, 4.69) is 53.6 Å². The fraction of sp³-hybridized carbons (Fsp3) is 0.889. The lowest BCUT2D eigenvalue weighted by molar-refractivity contribution is -0.127. The molecule has 1 amide bonds. The Kier molecular flexibility index (Phi) is 13.6. The lowest BCUT2D eigenvalue weighted by Crippen LogP contribution is -2.47. The second kappa shape index (κ2) is 15.1. The maximum absolute atomic E-state index is 12.6. The summed E-state index contributed by atoms with van der Waals surface area (Å²) in [7, 11) is 4.24. The van der Waals surface area contributed by atoms with Gasteiger partial charge in [-0.15, -0.1) is 0 Å². The Morgan fingerprint density at radius 1 is 0.967 bits per heavy atom. The molecule has 0 bridgehead atoms. The number of carbonyl (C=O) groups excluding carboxylic acids is 1. The number of piperidine rings is 1. The number of hydrogen-bond acceptors (Lipinski definition) is 2. The van der Waals surface area contributed by atoms with Gasteiger partial charge in [0.25, 0.3) is 0 Å². The highest BCUT2D eigenvalue weighted by Crippen LogP contribution is 2.22. The van der Waals surface area contributed by atoms with Gasteiger partial charge in [-0.2, -0.15) is 0 Å². The number of carbonyl (C=O) groups is 1. The molecule has 0 aliphatic carbocycles. The van der Waals surface area contributed by atoms with E-state index in [1.807, 2.05) is 11.0 Å². The highest BCUT2D eigenvalue weighted by molar-refractivity contribution is 5.88. The molecule has 3 atom stereocenters. The smallest absolute Gasteiger partial charge is 0.246 e. The van der Waals surface area contributed by atoms with Crippen molar-refractivity contribution in [2.45, 2.75) is 111 Å². The Morgan fingerprint density at radius 3 is 2.10 bits per heavy atom. The lowest BCUT2D eigenvalue weighted by atomic mass is 9.91. The highest BCUT2D eigenvalue weighted by Gasteiger charge is 2.23. The number of nitrogens with zero attached hydrogens (tertiary/aromatic N) is 2. The summed E-state index contributed by atoms with van der Waals surface area (Å²) < 4.78 is 0. The average Bonchev–Trinajstić information content (AvgIpc) is 2.67. The van der Waals surface area contributed by atoms with Gasteiger partial charge in [-0.1, -0.05) is 78.2 Å². The van der Waals surface area contributed by atoms with Crippen molar-refractivity contribution < 1.29 is 4.79 Å². The van der Waals surface area contributed by atoms with Crippen LogP contribution in [0, 0.1) is 17.8 Å². The van der Waals surface area contributed by atoms with Crippen molar-refractivity contribution in [1.29, 1.82) is 0 Å². The number of amides is 1. The molecule has 1 aliphatic rings. The molecule has 30 heavy (non-hydrogen) atoms. The second-order valence-corrected chi connectivity index (χ2v) is 10.9. The molecule has 3 heteroatoms. The number of likely N-dealkylation sites (tertiary alicyclic amines) is 1. The van der Waals surface area contributed by atoms with Gasteiger partial charge < -0.3 is 9.80 Å². The van der Waals surface area contributed by atoms with Gasteiger partial charge in [-0.3, -0.25) is 4.79 Å². The third-order valence-electron chi connectivity index (χ3n) is 6.95. The van der Waals surface area contributed by atoms with Gasteiger partial charge in [0.05, 0.1) is 0 Å². The van der Waals surface area contributed by atoms with E-state index in [4.69, 9.17) is 0 Å². The van der Waals surface area contributed by atoms with Gasteiger partial charge in [-0.05, 0) is 64.5 Å². The van der Waals surface area contributed by atoms with Crippen molar-refractivity contribution >= 4 is 5.91 Å². The summed E-state index contributed by atoms with van der Waals surface area (Å²) in [5.74, 6) is 2.76. The van der Waals surface area contributed by atoms with Crippen LogP contribution < -0.4 is 0 Å². The van der Waals surface area contributed by atoms with Crippen molar-refractivity contribution in [2.75, 3.05) is 27.2 Å². The Morgan fingerprint density at radius 2 is 1.53 bits per heavy atom. The molecular formula is C27H52N2O. The maximum atomic E-state index is 12.6. The van der Waals surface area contributed by atoms with Gasteiger partial charge in [0.1, 0.15) is 0 Å². The third kappa shape index (κ3) is 12.1. The first-order chi connectivity index (χ1) is 14.2. The summed E-state index contributed by atoms with van der Waals surface area (Å²) in [6.07, 6.45) is 16.1. The van der Waals surface area contributed by atoms with Crippen molar-refractivity contribution in [1.82, 2.24) is 9.80 Å². The van der Waals surface area contributed by atoms with Crippen LogP contribution in [0.1, 0.15) is 105 Å². The van der Waals surface area contributed by atoms with Gasteiger partial charge in [0, 0.05) is 25.2 Å². The quantitative estimate of drug-likeness (QED) is 0.285. The van der Waals surface area contributed by atoms with E-state index in [0.29, 0.717) is 6.04 Å². The minimum atomic E-state index is 0.221. The summed E-state index contributed by atoms with van der Waals surface area (Å²) in [5, 5.41) is 0. The van der Waals surface area contributed by atoms with Crippen LogP contribution in [0.3, 0.4) is 0 Å². The third-order valence-corrected chi connectivity index (χ3v) is 6.95. The van der Waals surface area contributed by atoms with E-state index >= 15 is 0 Å². The summed E-state index contributed by atoms with van der Waals surface area (Å²) in [6.45, 7) is 13.4. The van der Waals surface area contributed by atoms with Crippen LogP contribution in [0.15, 0.2) is 11.6 Å². The fourth-order valence-corrected chi connectivity index (χ4v) is 4.66. The topological polar surface area (TPSA) is 23.6 Å². The predicted octanol–water partition coefficient (Wildman–Crippen LogP) is 6.92. The number of hydrogen-bond donors (Lipinski definition) is 0. The van der Waals surface area contributed by atoms with E-state index in [1.165, 1.54) is 63.4 Å². The number of allylic oxidation sites excluding steroid dienone is 1. The van der Waals surface area contributed by atoms with Crippen molar-refractivity contribution in [3.8, 4) is 0 Å². The minimum absolute atomic E-state index is 0.221. The Labute approximate surface area is 188 Å². The second-order valence-electron chi connectivity index (χ2n) is 10.9. The Hall–Kier alpha value is -0.830. The first-order valence-electron chi connectivity index (χ1n) is 12.8. The zero-order valence-electron chi connectivity index (χ0n) is 21.4. The predicted molar refractivity (Wildman–Crippen MR) is 132 cm³/mol. The van der Waals surface area contributed by atoms with Gasteiger partial charge in [0.15, 0.2) is 0 Å². The van der Waals surface area contributed by atoms with Crippen LogP contribution in [-0.2, 0) is 4.79 Å². The molecule has 0 radical (unpaired) electrons. The molecule has 1 fully saturated rings. The fourth-order valence-electron chi connectivity index (χ4n) is 4.66. The first kappa shape index (κ1) is 27.2.